The normalized spacial score (nSPS) is 22.0. The largest absolute Gasteiger partial charge is 0.497 e. The fourth-order valence-electron chi connectivity index (χ4n) is 3.89. The summed E-state index contributed by atoms with van der Waals surface area (Å²) in [4.78, 5) is 17.0. The first-order valence-electron chi connectivity index (χ1n) is 9.78. The number of aromatic nitrogens is 2. The number of methoxy groups -OCH3 is 1. The summed E-state index contributed by atoms with van der Waals surface area (Å²) in [5.41, 5.74) is 2.00. The summed E-state index contributed by atoms with van der Waals surface area (Å²) in [5, 5.41) is 4.59. The molecule has 2 fully saturated rings. The minimum absolute atomic E-state index is 0.0555. The van der Waals surface area contributed by atoms with Crippen molar-refractivity contribution < 1.29 is 17.9 Å². The lowest BCUT2D eigenvalue weighted by atomic mass is 10.1. The Morgan fingerprint density at radius 1 is 1.14 bits per heavy atom. The van der Waals surface area contributed by atoms with E-state index in [0.717, 1.165) is 30.1 Å². The van der Waals surface area contributed by atoms with E-state index in [4.69, 9.17) is 4.74 Å². The number of likely N-dealkylation sites (N-methyl/N-ethyl adjacent to an activating group) is 1. The minimum atomic E-state index is -3.07. The van der Waals surface area contributed by atoms with E-state index in [2.05, 4.69) is 10.00 Å². The Labute approximate surface area is 171 Å². The zero-order valence-electron chi connectivity index (χ0n) is 16.7. The molecule has 0 radical (unpaired) electrons. The molecule has 1 aromatic carbocycles. The van der Waals surface area contributed by atoms with Gasteiger partial charge in [-0.15, -0.1) is 0 Å². The number of piperazine rings is 1. The van der Waals surface area contributed by atoms with Crippen LogP contribution in [0.3, 0.4) is 0 Å². The van der Waals surface area contributed by atoms with Crippen LogP contribution in [0.2, 0.25) is 0 Å². The van der Waals surface area contributed by atoms with E-state index in [1.165, 1.54) is 0 Å². The maximum atomic E-state index is 13.0. The molecular weight excluding hydrogens is 392 g/mol. The maximum absolute atomic E-state index is 13.0. The van der Waals surface area contributed by atoms with Crippen molar-refractivity contribution in [2.45, 2.75) is 12.5 Å². The summed E-state index contributed by atoms with van der Waals surface area (Å²) in [7, 11) is 0.575. The van der Waals surface area contributed by atoms with Crippen molar-refractivity contribution in [2.75, 3.05) is 51.8 Å². The molecule has 0 bridgehead atoms. The Hall–Kier alpha value is -2.39. The molecule has 0 aliphatic carbocycles. The fourth-order valence-corrected chi connectivity index (χ4v) is 5.59. The number of nitrogens with zero attached hydrogens (tertiary/aromatic N) is 4. The molecule has 2 saturated heterocycles. The van der Waals surface area contributed by atoms with Crippen molar-refractivity contribution in [3.8, 4) is 17.0 Å². The van der Waals surface area contributed by atoms with Gasteiger partial charge in [0.2, 0.25) is 0 Å². The number of ether oxygens (including phenoxy) is 1. The molecule has 156 valence electrons. The highest BCUT2D eigenvalue weighted by Crippen LogP contribution is 2.31. The zero-order valence-corrected chi connectivity index (χ0v) is 17.6. The van der Waals surface area contributed by atoms with Gasteiger partial charge in [0.15, 0.2) is 15.5 Å². The van der Waals surface area contributed by atoms with E-state index >= 15 is 0 Å². The highest BCUT2D eigenvalue weighted by atomic mass is 32.2. The summed E-state index contributed by atoms with van der Waals surface area (Å²) in [6.45, 7) is 2.99. The molecule has 0 saturated carbocycles. The van der Waals surface area contributed by atoms with E-state index in [9.17, 15) is 13.2 Å². The molecule has 2 aromatic rings. The first kappa shape index (κ1) is 19.9. The fraction of sp³-hybridized carbons (Fsp3) is 0.500. The summed E-state index contributed by atoms with van der Waals surface area (Å²) in [6.07, 6.45) is 0.509. The third-order valence-electron chi connectivity index (χ3n) is 5.69. The molecule has 1 unspecified atom stereocenters. The summed E-state index contributed by atoms with van der Waals surface area (Å²) in [6, 6.07) is 9.03. The molecular formula is C20H26N4O4S. The number of hydrogen-bond donors (Lipinski definition) is 0. The second-order valence-corrected chi connectivity index (χ2v) is 9.97. The maximum Gasteiger partial charge on any atom is 0.274 e. The Morgan fingerprint density at radius 2 is 1.83 bits per heavy atom. The van der Waals surface area contributed by atoms with Crippen molar-refractivity contribution in [3.63, 3.8) is 0 Å². The van der Waals surface area contributed by atoms with Gasteiger partial charge < -0.3 is 14.5 Å². The first-order chi connectivity index (χ1) is 13.9. The van der Waals surface area contributed by atoms with Gasteiger partial charge in [0.1, 0.15) is 5.75 Å². The molecule has 3 heterocycles. The quantitative estimate of drug-likeness (QED) is 0.744. The third kappa shape index (κ3) is 4.16. The Morgan fingerprint density at radius 3 is 2.41 bits per heavy atom. The van der Waals surface area contributed by atoms with Crippen LogP contribution in [-0.2, 0) is 9.84 Å². The summed E-state index contributed by atoms with van der Waals surface area (Å²) in [5.74, 6) is 0.839. The third-order valence-corrected chi connectivity index (χ3v) is 7.44. The van der Waals surface area contributed by atoms with Gasteiger partial charge in [-0.25, -0.2) is 8.42 Å². The van der Waals surface area contributed by atoms with E-state index in [-0.39, 0.29) is 23.5 Å². The molecule has 0 N–H and O–H groups in total. The van der Waals surface area contributed by atoms with Crippen molar-refractivity contribution in [3.05, 3.63) is 36.0 Å². The smallest absolute Gasteiger partial charge is 0.274 e. The predicted molar refractivity (Wildman–Crippen MR) is 110 cm³/mol. The van der Waals surface area contributed by atoms with E-state index in [1.807, 2.05) is 36.2 Å². The number of carbonyl (C=O) groups is 1. The van der Waals surface area contributed by atoms with Crippen molar-refractivity contribution >= 4 is 15.7 Å². The molecule has 1 atom stereocenters. The Balaban J connectivity index is 1.69. The Kier molecular flexibility index (Phi) is 5.35. The molecule has 0 spiro atoms. The number of amides is 1. The van der Waals surface area contributed by atoms with E-state index in [1.54, 1.807) is 17.9 Å². The number of benzene rings is 1. The molecule has 1 amide bonds. The molecule has 8 nitrogen and oxygen atoms in total. The molecule has 2 aliphatic heterocycles. The predicted octanol–water partition coefficient (Wildman–Crippen LogP) is 1.31. The second-order valence-electron chi connectivity index (χ2n) is 7.74. The second kappa shape index (κ2) is 7.79. The van der Waals surface area contributed by atoms with Crippen LogP contribution in [0.5, 0.6) is 5.75 Å². The van der Waals surface area contributed by atoms with Gasteiger partial charge in [-0.1, -0.05) is 0 Å². The van der Waals surface area contributed by atoms with Crippen molar-refractivity contribution in [2.24, 2.45) is 0 Å². The molecule has 9 heteroatoms. The van der Waals surface area contributed by atoms with Gasteiger partial charge in [-0.2, -0.15) is 5.10 Å². The monoisotopic (exact) mass is 418 g/mol. The van der Waals surface area contributed by atoms with Gasteiger partial charge in [0.05, 0.1) is 30.4 Å². The van der Waals surface area contributed by atoms with Crippen molar-refractivity contribution in [1.82, 2.24) is 19.6 Å². The number of hydrogen-bond acceptors (Lipinski definition) is 6. The highest BCUT2D eigenvalue weighted by Gasteiger charge is 2.33. The molecule has 1 aromatic heterocycles. The first-order valence-corrected chi connectivity index (χ1v) is 11.6. The van der Waals surface area contributed by atoms with Crippen LogP contribution in [0.4, 0.5) is 0 Å². The van der Waals surface area contributed by atoms with Crippen LogP contribution in [0.1, 0.15) is 23.0 Å². The Bertz CT molecular complexity index is 992. The van der Waals surface area contributed by atoms with Gasteiger partial charge >= 0.3 is 0 Å². The van der Waals surface area contributed by atoms with E-state index in [0.29, 0.717) is 25.2 Å². The lowest BCUT2D eigenvalue weighted by molar-refractivity contribution is 0.0657. The lowest BCUT2D eigenvalue weighted by Crippen LogP contribution is -2.47. The van der Waals surface area contributed by atoms with Crippen LogP contribution in [-0.4, -0.2) is 85.7 Å². The van der Waals surface area contributed by atoms with Gasteiger partial charge in [-0.05, 0) is 43.8 Å². The lowest BCUT2D eigenvalue weighted by Gasteiger charge is -2.31. The minimum Gasteiger partial charge on any atom is -0.497 e. The van der Waals surface area contributed by atoms with E-state index < -0.39 is 9.84 Å². The van der Waals surface area contributed by atoms with Crippen LogP contribution < -0.4 is 4.74 Å². The number of sulfone groups is 1. The van der Waals surface area contributed by atoms with Gasteiger partial charge in [0, 0.05) is 31.7 Å². The van der Waals surface area contributed by atoms with Crippen molar-refractivity contribution in [1.29, 1.82) is 0 Å². The zero-order chi connectivity index (χ0) is 20.6. The molecule has 29 heavy (non-hydrogen) atoms. The molecule has 4 rings (SSSR count). The SMILES string of the molecule is COc1ccc(-c2cc(C(=O)N3CCN(C)CC3)nn2C2CCS(=O)(=O)C2)cc1. The van der Waals surface area contributed by atoms with Crippen LogP contribution in [0.25, 0.3) is 11.3 Å². The molecule has 2 aliphatic rings. The van der Waals surface area contributed by atoms with Gasteiger partial charge in [0.25, 0.3) is 5.91 Å². The summed E-state index contributed by atoms with van der Waals surface area (Å²) < 4.78 is 31.0. The average Bonchev–Trinajstić information content (AvgIpc) is 3.31. The number of carbonyl (C=O) groups excluding carboxylic acids is 1. The van der Waals surface area contributed by atoms with Crippen LogP contribution in [0, 0.1) is 0 Å². The van der Waals surface area contributed by atoms with Crippen LogP contribution >= 0.6 is 0 Å². The van der Waals surface area contributed by atoms with Crippen LogP contribution in [0.15, 0.2) is 30.3 Å². The topological polar surface area (TPSA) is 84.7 Å². The standard InChI is InChI=1S/C20H26N4O4S/c1-22-8-10-23(11-9-22)20(25)18-13-19(15-3-5-17(28-2)6-4-15)24(21-18)16-7-12-29(26,27)14-16/h3-6,13,16H,7-12,14H2,1-2H3. The average molecular weight is 419 g/mol. The summed E-state index contributed by atoms with van der Waals surface area (Å²) >= 11 is 0. The number of rotatable bonds is 4. The van der Waals surface area contributed by atoms with Gasteiger partial charge in [-0.3, -0.25) is 9.48 Å². The highest BCUT2D eigenvalue weighted by molar-refractivity contribution is 7.91.